The Balaban J connectivity index is 1.51. The first-order valence-corrected chi connectivity index (χ1v) is 8.23. The van der Waals surface area contributed by atoms with Crippen LogP contribution in [0.15, 0.2) is 47.3 Å². The topological polar surface area (TPSA) is 48.5 Å². The Morgan fingerprint density at radius 1 is 1.32 bits per heavy atom. The molecule has 2 N–H and O–H groups in total. The van der Waals surface area contributed by atoms with Gasteiger partial charge in [-0.05, 0) is 47.6 Å². The van der Waals surface area contributed by atoms with Crippen molar-refractivity contribution in [1.29, 1.82) is 0 Å². The number of fused-ring (bicyclic) bond motifs is 1. The van der Waals surface area contributed by atoms with Crippen LogP contribution >= 0.6 is 11.3 Å². The fourth-order valence-corrected chi connectivity index (χ4v) is 3.20. The van der Waals surface area contributed by atoms with Gasteiger partial charge in [0.1, 0.15) is 18.5 Å². The fraction of sp³-hybridized carbons (Fsp3) is 0.294. The first-order valence-electron chi connectivity index (χ1n) is 7.29. The molecule has 3 rings (SSSR count). The van der Waals surface area contributed by atoms with Crippen molar-refractivity contribution in [3.05, 3.63) is 52.9 Å². The van der Waals surface area contributed by atoms with E-state index in [2.05, 4.69) is 26.7 Å². The van der Waals surface area contributed by atoms with Crippen LogP contribution in [0.1, 0.15) is 5.56 Å². The van der Waals surface area contributed by atoms with Crippen molar-refractivity contribution in [3.8, 4) is 5.75 Å². The van der Waals surface area contributed by atoms with Crippen LogP contribution in [0.2, 0.25) is 0 Å². The maximum atomic E-state index is 10.2. The molecule has 2 aromatic heterocycles. The predicted molar refractivity (Wildman–Crippen MR) is 90.5 cm³/mol. The summed E-state index contributed by atoms with van der Waals surface area (Å²) in [4.78, 5) is 5.26. The number of nitrogens with zero attached hydrogens (tertiary/aromatic N) is 1. The zero-order valence-electron chi connectivity index (χ0n) is 12.5. The monoisotopic (exact) mass is 316 g/mol. The number of benzene rings is 1. The molecule has 0 saturated carbocycles. The van der Waals surface area contributed by atoms with Crippen molar-refractivity contribution >= 4 is 22.2 Å². The molecule has 0 spiro atoms. The van der Waals surface area contributed by atoms with Gasteiger partial charge >= 0.3 is 0 Å². The maximum absolute atomic E-state index is 10.2. The minimum Gasteiger partial charge on any atom is -0.490 e. The number of ether oxygens (including phenoxy) is 1. The van der Waals surface area contributed by atoms with E-state index >= 15 is 0 Å². The summed E-state index contributed by atoms with van der Waals surface area (Å²) in [5, 5.41) is 15.4. The van der Waals surface area contributed by atoms with Gasteiger partial charge < -0.3 is 14.8 Å². The molecule has 1 atom stereocenters. The van der Waals surface area contributed by atoms with Gasteiger partial charge in [-0.2, -0.15) is 11.3 Å². The Morgan fingerprint density at radius 2 is 2.23 bits per heavy atom. The Morgan fingerprint density at radius 3 is 3.05 bits per heavy atom. The number of aliphatic hydroxyl groups excluding tert-OH is 1. The number of likely N-dealkylation sites (N-methyl/N-ethyl adjacent to an activating group) is 1. The van der Waals surface area contributed by atoms with E-state index in [0.29, 0.717) is 6.54 Å². The normalized spacial score (nSPS) is 12.9. The van der Waals surface area contributed by atoms with Crippen molar-refractivity contribution in [2.45, 2.75) is 12.6 Å². The third-order valence-electron chi connectivity index (χ3n) is 3.54. The number of hydrogen-bond donors (Lipinski definition) is 2. The van der Waals surface area contributed by atoms with Crippen LogP contribution in [0.25, 0.3) is 10.9 Å². The van der Waals surface area contributed by atoms with Gasteiger partial charge in [-0.3, -0.25) is 4.90 Å². The first-order chi connectivity index (χ1) is 10.7. The number of nitrogens with one attached hydrogen (secondary N) is 1. The van der Waals surface area contributed by atoms with E-state index < -0.39 is 6.10 Å². The average molecular weight is 316 g/mol. The molecule has 5 heteroatoms. The molecule has 0 aliphatic rings. The van der Waals surface area contributed by atoms with E-state index in [9.17, 15) is 5.11 Å². The van der Waals surface area contributed by atoms with Crippen LogP contribution in [-0.2, 0) is 6.54 Å². The number of rotatable bonds is 7. The molecule has 0 amide bonds. The highest BCUT2D eigenvalue weighted by molar-refractivity contribution is 7.07. The summed E-state index contributed by atoms with van der Waals surface area (Å²) in [5.41, 5.74) is 2.32. The second kappa shape index (κ2) is 6.96. The number of H-pyrrole nitrogens is 1. The number of aromatic amines is 1. The number of thiophene rings is 1. The maximum Gasteiger partial charge on any atom is 0.128 e. The molecule has 0 aliphatic heterocycles. The Bertz CT molecular complexity index is 708. The molecule has 0 bridgehead atoms. The molecule has 0 saturated heterocycles. The largest absolute Gasteiger partial charge is 0.490 e. The zero-order chi connectivity index (χ0) is 15.4. The minimum absolute atomic E-state index is 0.290. The molecule has 0 aliphatic carbocycles. The lowest BCUT2D eigenvalue weighted by Gasteiger charge is -2.20. The van der Waals surface area contributed by atoms with Gasteiger partial charge in [-0.1, -0.05) is 6.07 Å². The lowest BCUT2D eigenvalue weighted by atomic mass is 10.2. The first kappa shape index (κ1) is 15.1. The van der Waals surface area contributed by atoms with Gasteiger partial charge in [0.2, 0.25) is 0 Å². The summed E-state index contributed by atoms with van der Waals surface area (Å²) in [6, 6.07) is 9.98. The summed E-state index contributed by atoms with van der Waals surface area (Å²) < 4.78 is 5.78. The van der Waals surface area contributed by atoms with Crippen LogP contribution in [0.3, 0.4) is 0 Å². The van der Waals surface area contributed by atoms with Gasteiger partial charge in [0.15, 0.2) is 0 Å². The van der Waals surface area contributed by atoms with E-state index in [1.54, 1.807) is 11.3 Å². The van der Waals surface area contributed by atoms with Crippen molar-refractivity contribution in [3.63, 3.8) is 0 Å². The van der Waals surface area contributed by atoms with Gasteiger partial charge in [0, 0.05) is 30.2 Å². The highest BCUT2D eigenvalue weighted by atomic mass is 32.1. The number of hydrogen-bond acceptors (Lipinski definition) is 4. The quantitative estimate of drug-likeness (QED) is 0.704. The van der Waals surface area contributed by atoms with Crippen LogP contribution in [0.5, 0.6) is 5.75 Å². The number of aromatic nitrogens is 1. The third kappa shape index (κ3) is 3.68. The summed E-state index contributed by atoms with van der Waals surface area (Å²) in [6.07, 6.45) is 1.38. The SMILES string of the molecule is CN(Cc1ccsc1)CC(O)COc1cccc2[nH]ccc12. The molecule has 2 heterocycles. The highest BCUT2D eigenvalue weighted by Gasteiger charge is 2.11. The van der Waals surface area contributed by atoms with E-state index in [4.69, 9.17) is 4.74 Å². The number of aliphatic hydroxyl groups is 1. The molecule has 1 aromatic carbocycles. The summed E-state index contributed by atoms with van der Waals surface area (Å²) in [7, 11) is 2.01. The van der Waals surface area contributed by atoms with E-state index in [0.717, 1.165) is 23.2 Å². The summed E-state index contributed by atoms with van der Waals surface area (Å²) >= 11 is 1.69. The predicted octanol–water partition coefficient (Wildman–Crippen LogP) is 3.10. The Hall–Kier alpha value is -1.82. The van der Waals surface area contributed by atoms with Crippen molar-refractivity contribution in [1.82, 2.24) is 9.88 Å². The van der Waals surface area contributed by atoms with E-state index in [-0.39, 0.29) is 6.61 Å². The van der Waals surface area contributed by atoms with Gasteiger partial charge in [-0.15, -0.1) is 0 Å². The van der Waals surface area contributed by atoms with Crippen molar-refractivity contribution in [2.75, 3.05) is 20.2 Å². The van der Waals surface area contributed by atoms with Crippen molar-refractivity contribution < 1.29 is 9.84 Å². The van der Waals surface area contributed by atoms with Gasteiger partial charge in [0.05, 0.1) is 0 Å². The molecule has 116 valence electrons. The van der Waals surface area contributed by atoms with Crippen molar-refractivity contribution in [2.24, 2.45) is 0 Å². The summed E-state index contributed by atoms with van der Waals surface area (Å²) in [5.74, 6) is 0.804. The molecule has 0 radical (unpaired) electrons. The van der Waals surface area contributed by atoms with Gasteiger partial charge in [-0.25, -0.2) is 0 Å². The van der Waals surface area contributed by atoms with Crippen LogP contribution in [0.4, 0.5) is 0 Å². The zero-order valence-corrected chi connectivity index (χ0v) is 13.3. The lowest BCUT2D eigenvalue weighted by Crippen LogP contribution is -2.32. The van der Waals surface area contributed by atoms with Crippen LogP contribution < -0.4 is 4.74 Å². The molecule has 22 heavy (non-hydrogen) atoms. The molecule has 3 aromatic rings. The fourth-order valence-electron chi connectivity index (χ4n) is 2.54. The Labute approximate surface area is 134 Å². The second-order valence-electron chi connectivity index (χ2n) is 5.49. The minimum atomic E-state index is -0.516. The van der Waals surface area contributed by atoms with Crippen LogP contribution in [0, 0.1) is 0 Å². The molecule has 1 unspecified atom stereocenters. The molecule has 0 fully saturated rings. The average Bonchev–Trinajstić information content (AvgIpc) is 3.15. The highest BCUT2D eigenvalue weighted by Crippen LogP contribution is 2.24. The second-order valence-corrected chi connectivity index (χ2v) is 6.27. The summed E-state index contributed by atoms with van der Waals surface area (Å²) in [6.45, 7) is 1.71. The van der Waals surface area contributed by atoms with Crippen LogP contribution in [-0.4, -0.2) is 41.3 Å². The standard InChI is InChI=1S/C17H20N2O2S/c1-19(9-13-6-8-22-12-13)10-14(20)11-21-17-4-2-3-16-15(17)5-7-18-16/h2-8,12,14,18,20H,9-11H2,1H3. The van der Waals surface area contributed by atoms with E-state index in [1.165, 1.54) is 5.56 Å². The molecular weight excluding hydrogens is 296 g/mol. The third-order valence-corrected chi connectivity index (χ3v) is 4.27. The smallest absolute Gasteiger partial charge is 0.128 e. The van der Waals surface area contributed by atoms with E-state index in [1.807, 2.05) is 37.5 Å². The van der Waals surface area contributed by atoms with Gasteiger partial charge in [0.25, 0.3) is 0 Å². The molecule has 4 nitrogen and oxygen atoms in total. The molecular formula is C17H20N2O2S. The lowest BCUT2D eigenvalue weighted by molar-refractivity contribution is 0.0750. The Kier molecular flexibility index (Phi) is 4.77.